The van der Waals surface area contributed by atoms with Gasteiger partial charge in [0.15, 0.2) is 5.17 Å². The first-order valence-corrected chi connectivity index (χ1v) is 9.25. The Kier molecular flexibility index (Phi) is 5.41. The molecule has 0 spiro atoms. The molecule has 0 bridgehead atoms. The van der Waals surface area contributed by atoms with E-state index in [1.165, 1.54) is 35.2 Å². The Morgan fingerprint density at radius 1 is 1.28 bits per heavy atom. The van der Waals surface area contributed by atoms with Crippen molar-refractivity contribution in [2.75, 3.05) is 13.1 Å². The number of hydrogen-bond acceptors (Lipinski definition) is 6. The van der Waals surface area contributed by atoms with Gasteiger partial charge in [-0.25, -0.2) is 9.37 Å². The summed E-state index contributed by atoms with van der Waals surface area (Å²) in [5.41, 5.74) is 1.42. The topological polar surface area (TPSA) is 70.1 Å². The minimum Gasteiger partial charge on any atom is -0.363 e. The lowest BCUT2D eigenvalue weighted by molar-refractivity contribution is 0.628. The lowest BCUT2D eigenvalue weighted by Crippen LogP contribution is -2.16. The van der Waals surface area contributed by atoms with Crippen LogP contribution in [0.25, 0.3) is 21.3 Å². The van der Waals surface area contributed by atoms with Crippen LogP contribution in [0.1, 0.15) is 5.82 Å². The number of benzene rings is 1. The van der Waals surface area contributed by atoms with Crippen LogP contribution in [0, 0.1) is 5.82 Å². The second kappa shape index (κ2) is 7.55. The summed E-state index contributed by atoms with van der Waals surface area (Å²) in [6.45, 7) is 1.65. The molecule has 0 aliphatic carbocycles. The molecule has 1 aliphatic heterocycles. The highest BCUT2D eigenvalue weighted by atomic mass is 35.5. The fourth-order valence-corrected chi connectivity index (χ4v) is 4.28. The summed E-state index contributed by atoms with van der Waals surface area (Å²) < 4.78 is 13.1. The Morgan fingerprint density at radius 3 is 2.80 bits per heavy atom. The molecule has 130 valence electrons. The number of thioether (sulfide) groups is 1. The Morgan fingerprint density at radius 2 is 2.08 bits per heavy atom. The van der Waals surface area contributed by atoms with E-state index in [-0.39, 0.29) is 23.8 Å². The molecular formula is C16H14ClFN4OS2. The number of amidine groups is 1. The van der Waals surface area contributed by atoms with Gasteiger partial charge in [0.05, 0.1) is 17.7 Å². The molecule has 0 unspecified atom stereocenters. The highest BCUT2D eigenvalue weighted by Gasteiger charge is 2.14. The second-order valence-electron chi connectivity index (χ2n) is 5.25. The number of aliphatic imine (C=N–C) groups is 1. The van der Waals surface area contributed by atoms with Crippen molar-refractivity contribution >= 4 is 50.9 Å². The van der Waals surface area contributed by atoms with Gasteiger partial charge < -0.3 is 10.3 Å². The van der Waals surface area contributed by atoms with Crippen LogP contribution in [-0.2, 0) is 5.75 Å². The molecule has 0 saturated carbocycles. The minimum absolute atomic E-state index is 0. The monoisotopic (exact) mass is 396 g/mol. The van der Waals surface area contributed by atoms with Crippen molar-refractivity contribution < 1.29 is 4.39 Å². The number of halogens is 2. The van der Waals surface area contributed by atoms with Gasteiger partial charge in [-0.1, -0.05) is 23.9 Å². The highest BCUT2D eigenvalue weighted by Crippen LogP contribution is 2.31. The summed E-state index contributed by atoms with van der Waals surface area (Å²) in [5.74, 6) is 0.885. The first-order valence-electron chi connectivity index (χ1n) is 7.38. The number of aromatic amines is 1. The van der Waals surface area contributed by atoms with Gasteiger partial charge in [-0.15, -0.1) is 23.7 Å². The van der Waals surface area contributed by atoms with Crippen LogP contribution < -0.4 is 10.9 Å². The van der Waals surface area contributed by atoms with Gasteiger partial charge in [-0.2, -0.15) is 0 Å². The molecule has 1 aliphatic rings. The zero-order valence-electron chi connectivity index (χ0n) is 12.9. The van der Waals surface area contributed by atoms with E-state index in [2.05, 4.69) is 20.3 Å². The van der Waals surface area contributed by atoms with E-state index in [4.69, 9.17) is 0 Å². The molecule has 1 aromatic carbocycles. The van der Waals surface area contributed by atoms with Gasteiger partial charge in [0.2, 0.25) is 0 Å². The van der Waals surface area contributed by atoms with Crippen molar-refractivity contribution in [3.8, 4) is 11.1 Å². The molecule has 0 saturated heterocycles. The summed E-state index contributed by atoms with van der Waals surface area (Å²) in [6, 6.07) is 6.12. The Hall–Kier alpha value is -1.90. The molecular weight excluding hydrogens is 383 g/mol. The summed E-state index contributed by atoms with van der Waals surface area (Å²) in [4.78, 5) is 24.9. The molecule has 0 fully saturated rings. The molecule has 25 heavy (non-hydrogen) atoms. The number of nitrogens with zero attached hydrogens (tertiary/aromatic N) is 2. The van der Waals surface area contributed by atoms with Crippen LogP contribution in [0.3, 0.4) is 0 Å². The van der Waals surface area contributed by atoms with E-state index in [1.54, 1.807) is 12.1 Å². The number of thiophene rings is 1. The van der Waals surface area contributed by atoms with E-state index in [0.717, 1.165) is 29.4 Å². The normalized spacial score (nSPS) is 13.4. The van der Waals surface area contributed by atoms with E-state index in [1.807, 2.05) is 5.38 Å². The minimum atomic E-state index is -0.298. The third-order valence-corrected chi connectivity index (χ3v) is 5.47. The lowest BCUT2D eigenvalue weighted by Gasteiger charge is -2.03. The number of fused-ring (bicyclic) bond motifs is 1. The molecule has 3 heterocycles. The summed E-state index contributed by atoms with van der Waals surface area (Å²) in [5, 5.41) is 6.50. The molecule has 2 N–H and O–H groups in total. The quantitative estimate of drug-likeness (QED) is 0.711. The van der Waals surface area contributed by atoms with Gasteiger partial charge in [0, 0.05) is 17.5 Å². The van der Waals surface area contributed by atoms with Gasteiger partial charge in [0.1, 0.15) is 16.5 Å². The number of nitrogens with one attached hydrogen (secondary N) is 2. The number of rotatable bonds is 3. The molecule has 3 aromatic rings. The molecule has 5 nitrogen and oxygen atoms in total. The van der Waals surface area contributed by atoms with E-state index in [0.29, 0.717) is 21.8 Å². The summed E-state index contributed by atoms with van der Waals surface area (Å²) in [7, 11) is 0. The van der Waals surface area contributed by atoms with Crippen LogP contribution in [-0.4, -0.2) is 28.2 Å². The van der Waals surface area contributed by atoms with E-state index < -0.39 is 0 Å². The molecule has 2 aromatic heterocycles. The maximum Gasteiger partial charge on any atom is 0.260 e. The highest BCUT2D eigenvalue weighted by molar-refractivity contribution is 8.13. The van der Waals surface area contributed by atoms with E-state index in [9.17, 15) is 9.18 Å². The smallest absolute Gasteiger partial charge is 0.260 e. The predicted octanol–water partition coefficient (Wildman–Crippen LogP) is 3.40. The molecule has 0 atom stereocenters. The maximum absolute atomic E-state index is 13.1. The largest absolute Gasteiger partial charge is 0.363 e. The van der Waals surface area contributed by atoms with Gasteiger partial charge >= 0.3 is 0 Å². The fourth-order valence-electron chi connectivity index (χ4n) is 2.51. The van der Waals surface area contributed by atoms with Crippen molar-refractivity contribution in [3.63, 3.8) is 0 Å². The van der Waals surface area contributed by atoms with Gasteiger partial charge in [0.25, 0.3) is 5.56 Å². The van der Waals surface area contributed by atoms with E-state index >= 15 is 0 Å². The second-order valence-corrected chi connectivity index (χ2v) is 7.07. The molecule has 4 rings (SSSR count). The SMILES string of the molecule is Cl.O=c1[nH]c(CSC2=NCCN2)nc2scc(-c3ccc(F)cc3)c12. The van der Waals surface area contributed by atoms with Crippen LogP contribution in [0.2, 0.25) is 0 Å². The Labute approximate surface area is 157 Å². The lowest BCUT2D eigenvalue weighted by atomic mass is 10.1. The predicted molar refractivity (Wildman–Crippen MR) is 104 cm³/mol. The Bertz CT molecular complexity index is 984. The first-order chi connectivity index (χ1) is 11.7. The van der Waals surface area contributed by atoms with Crippen molar-refractivity contribution in [3.05, 3.63) is 51.6 Å². The zero-order valence-corrected chi connectivity index (χ0v) is 15.4. The number of hydrogen-bond donors (Lipinski definition) is 2. The zero-order chi connectivity index (χ0) is 16.5. The summed E-state index contributed by atoms with van der Waals surface area (Å²) in [6.07, 6.45) is 0. The third kappa shape index (κ3) is 3.70. The maximum atomic E-state index is 13.1. The van der Waals surface area contributed by atoms with Crippen molar-refractivity contribution in [2.24, 2.45) is 4.99 Å². The molecule has 0 radical (unpaired) electrons. The van der Waals surface area contributed by atoms with Crippen LogP contribution >= 0.6 is 35.5 Å². The molecule has 0 amide bonds. The van der Waals surface area contributed by atoms with Crippen LogP contribution in [0.4, 0.5) is 4.39 Å². The third-order valence-electron chi connectivity index (χ3n) is 3.64. The average Bonchev–Trinajstić information content (AvgIpc) is 3.23. The van der Waals surface area contributed by atoms with Crippen molar-refractivity contribution in [1.82, 2.24) is 15.3 Å². The number of H-pyrrole nitrogens is 1. The Balaban J connectivity index is 0.00000182. The van der Waals surface area contributed by atoms with Gasteiger partial charge in [-0.3, -0.25) is 9.79 Å². The first kappa shape index (κ1) is 17.9. The van der Waals surface area contributed by atoms with Crippen molar-refractivity contribution in [1.29, 1.82) is 0 Å². The van der Waals surface area contributed by atoms with Crippen molar-refractivity contribution in [2.45, 2.75) is 5.75 Å². The van der Waals surface area contributed by atoms with Gasteiger partial charge in [-0.05, 0) is 17.7 Å². The number of aromatic nitrogens is 2. The van der Waals surface area contributed by atoms with Crippen LogP contribution in [0.5, 0.6) is 0 Å². The fraction of sp³-hybridized carbons (Fsp3) is 0.188. The standard InChI is InChI=1S/C16H13FN4OS2.ClH/c17-10-3-1-9(2-4-10)11-7-23-15-13(11)14(22)20-12(21-15)8-24-16-18-5-6-19-16;/h1-4,7H,5-6,8H2,(H,18,19)(H,20,21,22);1H. The summed E-state index contributed by atoms with van der Waals surface area (Å²) >= 11 is 2.95. The van der Waals surface area contributed by atoms with Crippen LogP contribution in [0.15, 0.2) is 39.4 Å². The molecule has 9 heteroatoms. The average molecular weight is 397 g/mol.